The van der Waals surface area contributed by atoms with Gasteiger partial charge in [0, 0.05) is 6.20 Å². The molecule has 0 fully saturated rings. The van der Waals surface area contributed by atoms with Gasteiger partial charge < -0.3 is 0 Å². The van der Waals surface area contributed by atoms with Crippen LogP contribution in [0.15, 0.2) is 23.0 Å². The molecule has 1 unspecified atom stereocenters. The lowest BCUT2D eigenvalue weighted by molar-refractivity contribution is 0.650. The molecular formula is C9H10BrN3S. The first-order valence-electron chi connectivity index (χ1n) is 4.31. The molecule has 74 valence electrons. The second kappa shape index (κ2) is 4.23. The largest absolute Gasteiger partial charge is 0.248 e. The Hall–Kier alpha value is -0.680. The first kappa shape index (κ1) is 9.86. The molecular weight excluding hydrogens is 262 g/mol. The molecule has 0 saturated heterocycles. The van der Waals surface area contributed by atoms with Crippen LogP contribution < -0.4 is 0 Å². The van der Waals surface area contributed by atoms with Crippen LogP contribution in [0, 0.1) is 0 Å². The maximum atomic E-state index is 4.07. The molecule has 3 nitrogen and oxygen atoms in total. The quantitative estimate of drug-likeness (QED) is 0.804. The van der Waals surface area contributed by atoms with E-state index < -0.39 is 0 Å². The number of alkyl halides is 1. The molecule has 5 heteroatoms. The maximum Gasteiger partial charge on any atom is 0.0960 e. The minimum absolute atomic E-state index is 0.263. The zero-order chi connectivity index (χ0) is 9.97. The average molecular weight is 272 g/mol. The van der Waals surface area contributed by atoms with E-state index in [0.717, 1.165) is 12.2 Å². The third kappa shape index (κ3) is 2.22. The monoisotopic (exact) mass is 271 g/mol. The van der Waals surface area contributed by atoms with E-state index in [0.29, 0.717) is 0 Å². The van der Waals surface area contributed by atoms with Crippen molar-refractivity contribution in [1.29, 1.82) is 0 Å². The van der Waals surface area contributed by atoms with Crippen LogP contribution in [0.1, 0.15) is 23.0 Å². The van der Waals surface area contributed by atoms with E-state index in [-0.39, 0.29) is 4.83 Å². The SMILES string of the molecule is CC(Br)c1cn(Cc2ccsc2)nn1. The zero-order valence-corrected chi connectivity index (χ0v) is 10.1. The zero-order valence-electron chi connectivity index (χ0n) is 7.72. The lowest BCUT2D eigenvalue weighted by Crippen LogP contribution is -1.98. The Kier molecular flexibility index (Phi) is 2.98. The lowest BCUT2D eigenvalue weighted by atomic mass is 10.3. The van der Waals surface area contributed by atoms with Crippen LogP contribution in [0.4, 0.5) is 0 Å². The molecule has 0 bridgehead atoms. The predicted octanol–water partition coefficient (Wildman–Crippen LogP) is 2.84. The van der Waals surface area contributed by atoms with Crippen molar-refractivity contribution in [3.05, 3.63) is 34.3 Å². The Balaban J connectivity index is 2.11. The summed E-state index contributed by atoms with van der Waals surface area (Å²) in [7, 11) is 0. The maximum absolute atomic E-state index is 4.07. The van der Waals surface area contributed by atoms with Crippen molar-refractivity contribution in [2.75, 3.05) is 0 Å². The van der Waals surface area contributed by atoms with Crippen LogP contribution >= 0.6 is 27.3 Å². The average Bonchev–Trinajstić information content (AvgIpc) is 2.75. The summed E-state index contributed by atoms with van der Waals surface area (Å²) >= 11 is 5.16. The number of hydrogen-bond donors (Lipinski definition) is 0. The molecule has 0 aromatic carbocycles. The minimum atomic E-state index is 0.263. The summed E-state index contributed by atoms with van der Waals surface area (Å²) in [5.41, 5.74) is 2.24. The van der Waals surface area contributed by atoms with Crippen LogP contribution in [0.5, 0.6) is 0 Å². The number of halogens is 1. The molecule has 0 amide bonds. The summed E-state index contributed by atoms with van der Waals surface area (Å²) in [5.74, 6) is 0. The van der Waals surface area contributed by atoms with E-state index >= 15 is 0 Å². The van der Waals surface area contributed by atoms with Gasteiger partial charge >= 0.3 is 0 Å². The molecule has 1 atom stereocenters. The third-order valence-electron chi connectivity index (χ3n) is 1.89. The normalized spacial score (nSPS) is 13.0. The molecule has 2 aromatic heterocycles. The van der Waals surface area contributed by atoms with E-state index in [1.807, 2.05) is 17.8 Å². The van der Waals surface area contributed by atoms with Crippen molar-refractivity contribution >= 4 is 27.3 Å². The highest BCUT2D eigenvalue weighted by atomic mass is 79.9. The van der Waals surface area contributed by atoms with Crippen LogP contribution in [0.25, 0.3) is 0 Å². The predicted molar refractivity (Wildman–Crippen MR) is 60.8 cm³/mol. The highest BCUT2D eigenvalue weighted by Gasteiger charge is 2.06. The minimum Gasteiger partial charge on any atom is -0.248 e. The fourth-order valence-corrected chi connectivity index (χ4v) is 2.01. The van der Waals surface area contributed by atoms with Crippen LogP contribution in [-0.4, -0.2) is 15.0 Å². The van der Waals surface area contributed by atoms with Gasteiger partial charge in [0.05, 0.1) is 17.1 Å². The Morgan fingerprint density at radius 3 is 3.07 bits per heavy atom. The molecule has 14 heavy (non-hydrogen) atoms. The summed E-state index contributed by atoms with van der Waals surface area (Å²) in [6.45, 7) is 2.84. The number of rotatable bonds is 3. The molecule has 2 heterocycles. The van der Waals surface area contributed by atoms with Gasteiger partial charge in [0.2, 0.25) is 0 Å². The fraction of sp³-hybridized carbons (Fsp3) is 0.333. The Morgan fingerprint density at radius 1 is 1.64 bits per heavy atom. The van der Waals surface area contributed by atoms with Gasteiger partial charge in [-0.25, -0.2) is 4.68 Å². The van der Waals surface area contributed by atoms with Crippen molar-refractivity contribution in [1.82, 2.24) is 15.0 Å². The second-order valence-corrected chi connectivity index (χ2v) is 5.24. The lowest BCUT2D eigenvalue weighted by Gasteiger charge is -1.96. The van der Waals surface area contributed by atoms with Crippen molar-refractivity contribution in [2.24, 2.45) is 0 Å². The van der Waals surface area contributed by atoms with Crippen molar-refractivity contribution in [2.45, 2.75) is 18.3 Å². The molecule has 0 radical (unpaired) electrons. The molecule has 0 aliphatic heterocycles. The van der Waals surface area contributed by atoms with E-state index in [1.165, 1.54) is 5.56 Å². The Morgan fingerprint density at radius 2 is 2.50 bits per heavy atom. The summed E-state index contributed by atoms with van der Waals surface area (Å²) < 4.78 is 1.86. The summed E-state index contributed by atoms with van der Waals surface area (Å²) in [6.07, 6.45) is 1.97. The molecule has 0 aliphatic rings. The first-order valence-corrected chi connectivity index (χ1v) is 6.17. The van der Waals surface area contributed by atoms with E-state index in [9.17, 15) is 0 Å². The first-order chi connectivity index (χ1) is 6.75. The topological polar surface area (TPSA) is 30.7 Å². The van der Waals surface area contributed by atoms with Gasteiger partial charge in [-0.1, -0.05) is 21.1 Å². The van der Waals surface area contributed by atoms with E-state index in [4.69, 9.17) is 0 Å². The molecule has 0 aliphatic carbocycles. The molecule has 2 aromatic rings. The second-order valence-electron chi connectivity index (χ2n) is 3.09. The van der Waals surface area contributed by atoms with Gasteiger partial charge in [-0.3, -0.25) is 0 Å². The van der Waals surface area contributed by atoms with Crippen LogP contribution in [0.3, 0.4) is 0 Å². The van der Waals surface area contributed by atoms with Crippen molar-refractivity contribution in [3.63, 3.8) is 0 Å². The van der Waals surface area contributed by atoms with E-state index in [2.05, 4.69) is 43.1 Å². The summed E-state index contributed by atoms with van der Waals surface area (Å²) in [5, 5.41) is 12.3. The summed E-state index contributed by atoms with van der Waals surface area (Å²) in [4.78, 5) is 0.263. The van der Waals surface area contributed by atoms with Crippen molar-refractivity contribution < 1.29 is 0 Å². The molecule has 0 N–H and O–H groups in total. The highest BCUT2D eigenvalue weighted by molar-refractivity contribution is 9.09. The molecule has 0 spiro atoms. The molecule has 2 rings (SSSR count). The number of thiophene rings is 1. The molecule has 0 saturated carbocycles. The van der Waals surface area contributed by atoms with Crippen molar-refractivity contribution in [3.8, 4) is 0 Å². The standard InChI is InChI=1S/C9H10BrN3S/c1-7(10)9-5-13(12-11-9)4-8-2-3-14-6-8/h2-3,5-7H,4H2,1H3. The number of hydrogen-bond acceptors (Lipinski definition) is 3. The number of nitrogens with zero attached hydrogens (tertiary/aromatic N) is 3. The van der Waals surface area contributed by atoms with Gasteiger partial charge in [-0.15, -0.1) is 5.10 Å². The van der Waals surface area contributed by atoms with Gasteiger partial charge in [0.1, 0.15) is 0 Å². The highest BCUT2D eigenvalue weighted by Crippen LogP contribution is 2.18. The number of aromatic nitrogens is 3. The third-order valence-corrected chi connectivity index (χ3v) is 3.09. The van der Waals surface area contributed by atoms with Gasteiger partial charge in [0.25, 0.3) is 0 Å². The fourth-order valence-electron chi connectivity index (χ4n) is 1.14. The van der Waals surface area contributed by atoms with Gasteiger partial charge in [-0.05, 0) is 29.3 Å². The summed E-state index contributed by atoms with van der Waals surface area (Å²) in [6, 6.07) is 2.10. The van der Waals surface area contributed by atoms with Crippen LogP contribution in [0.2, 0.25) is 0 Å². The van der Waals surface area contributed by atoms with Gasteiger partial charge in [0.15, 0.2) is 0 Å². The van der Waals surface area contributed by atoms with E-state index in [1.54, 1.807) is 11.3 Å². The van der Waals surface area contributed by atoms with Gasteiger partial charge in [-0.2, -0.15) is 11.3 Å². The smallest absolute Gasteiger partial charge is 0.0960 e. The Bertz CT molecular complexity index is 394. The Labute approximate surface area is 94.9 Å². The van der Waals surface area contributed by atoms with Crippen LogP contribution in [-0.2, 0) is 6.54 Å².